The molecule has 0 aliphatic rings. The van der Waals surface area contributed by atoms with Crippen molar-refractivity contribution in [2.45, 2.75) is 6.61 Å². The fourth-order valence-electron chi connectivity index (χ4n) is 1.76. The summed E-state index contributed by atoms with van der Waals surface area (Å²) < 4.78 is 12.0. The molecule has 3 rings (SSSR count). The predicted octanol–water partition coefficient (Wildman–Crippen LogP) is 2.48. The molecule has 0 aliphatic carbocycles. The van der Waals surface area contributed by atoms with Gasteiger partial charge in [0.05, 0.1) is 11.8 Å². The second kappa shape index (κ2) is 5.98. The average molecular weight is 319 g/mol. The Hall–Kier alpha value is -2.67. The maximum Gasteiger partial charge on any atom is 0.341 e. The normalized spacial score (nSPS) is 10.6. The van der Waals surface area contributed by atoms with Gasteiger partial charge in [0.1, 0.15) is 0 Å². The van der Waals surface area contributed by atoms with E-state index >= 15 is 0 Å². The highest BCUT2D eigenvalue weighted by atomic mass is 35.5. The van der Waals surface area contributed by atoms with Gasteiger partial charge in [0, 0.05) is 23.8 Å². The van der Waals surface area contributed by atoms with Crippen LogP contribution >= 0.6 is 11.6 Å². The highest BCUT2D eigenvalue weighted by Crippen LogP contribution is 2.20. The van der Waals surface area contributed by atoms with Crippen LogP contribution in [0.3, 0.4) is 0 Å². The number of aromatic nitrogens is 4. The lowest BCUT2D eigenvalue weighted by Gasteiger charge is -1.98. The van der Waals surface area contributed by atoms with E-state index in [1.165, 1.54) is 10.9 Å². The Morgan fingerprint density at radius 3 is 2.77 bits per heavy atom. The van der Waals surface area contributed by atoms with Gasteiger partial charge in [-0.3, -0.25) is 4.68 Å². The van der Waals surface area contributed by atoms with Crippen molar-refractivity contribution in [2.75, 3.05) is 0 Å². The molecule has 7 nitrogen and oxygen atoms in total. The Balaban J connectivity index is 1.64. The molecule has 0 saturated heterocycles. The van der Waals surface area contributed by atoms with Crippen LogP contribution in [0.4, 0.5) is 0 Å². The van der Waals surface area contributed by atoms with E-state index in [0.29, 0.717) is 16.5 Å². The molecule has 0 radical (unpaired) electrons. The third kappa shape index (κ3) is 3.15. The van der Waals surface area contributed by atoms with E-state index in [2.05, 4.69) is 15.3 Å². The first-order valence-electron chi connectivity index (χ1n) is 6.36. The lowest BCUT2D eigenvalue weighted by Crippen LogP contribution is -2.04. The summed E-state index contributed by atoms with van der Waals surface area (Å²) in [5, 5.41) is 12.3. The van der Waals surface area contributed by atoms with Gasteiger partial charge >= 0.3 is 5.97 Å². The summed E-state index contributed by atoms with van der Waals surface area (Å²) in [6, 6.07) is 6.98. The number of rotatable bonds is 4. The Labute approximate surface area is 130 Å². The van der Waals surface area contributed by atoms with Crippen molar-refractivity contribution >= 4 is 17.6 Å². The first-order valence-corrected chi connectivity index (χ1v) is 6.74. The molecule has 1 aromatic carbocycles. The van der Waals surface area contributed by atoms with Gasteiger partial charge in [-0.1, -0.05) is 11.6 Å². The van der Waals surface area contributed by atoms with E-state index in [1.807, 2.05) is 0 Å². The number of nitrogens with zero attached hydrogens (tertiary/aromatic N) is 4. The number of carbonyl (C=O) groups is 1. The number of ether oxygens (including phenoxy) is 1. The number of aryl methyl sites for hydroxylation is 1. The Kier molecular flexibility index (Phi) is 3.88. The fourth-order valence-corrected chi connectivity index (χ4v) is 1.88. The zero-order valence-electron chi connectivity index (χ0n) is 11.6. The standard InChI is InChI=1S/C14H11ClN4O3/c1-19-7-10(6-16-19)14(20)21-8-12-17-18-13(22-12)9-2-4-11(15)5-3-9/h2-7H,8H2,1H3. The molecule has 2 heterocycles. The lowest BCUT2D eigenvalue weighted by atomic mass is 10.2. The second-order valence-corrected chi connectivity index (χ2v) is 4.92. The molecule has 0 amide bonds. The van der Waals surface area contributed by atoms with Crippen molar-refractivity contribution in [3.05, 3.63) is 53.1 Å². The minimum Gasteiger partial charge on any atom is -0.452 e. The fraction of sp³-hybridized carbons (Fsp3) is 0.143. The molecule has 0 atom stereocenters. The quantitative estimate of drug-likeness (QED) is 0.687. The Morgan fingerprint density at radius 2 is 2.09 bits per heavy atom. The second-order valence-electron chi connectivity index (χ2n) is 4.49. The molecule has 0 saturated carbocycles. The average Bonchev–Trinajstić information content (AvgIpc) is 3.15. The molecule has 0 N–H and O–H groups in total. The summed E-state index contributed by atoms with van der Waals surface area (Å²) in [6.07, 6.45) is 2.99. The van der Waals surface area contributed by atoms with Crippen LogP contribution in [0, 0.1) is 0 Å². The van der Waals surface area contributed by atoms with Crippen LogP contribution in [0.25, 0.3) is 11.5 Å². The number of benzene rings is 1. The van der Waals surface area contributed by atoms with Crippen molar-refractivity contribution in [3.8, 4) is 11.5 Å². The molecule has 8 heteroatoms. The molecule has 2 aromatic heterocycles. The van der Waals surface area contributed by atoms with Gasteiger partial charge in [0.15, 0.2) is 6.61 Å². The van der Waals surface area contributed by atoms with E-state index in [-0.39, 0.29) is 12.5 Å². The highest BCUT2D eigenvalue weighted by Gasteiger charge is 2.13. The lowest BCUT2D eigenvalue weighted by molar-refractivity contribution is 0.0438. The first-order chi connectivity index (χ1) is 10.6. The van der Waals surface area contributed by atoms with Crippen molar-refractivity contribution in [2.24, 2.45) is 7.05 Å². The molecule has 3 aromatic rings. The summed E-state index contributed by atoms with van der Waals surface area (Å²) >= 11 is 5.82. The van der Waals surface area contributed by atoms with Crippen molar-refractivity contribution in [1.29, 1.82) is 0 Å². The van der Waals surface area contributed by atoms with E-state index in [0.717, 1.165) is 5.56 Å². The van der Waals surface area contributed by atoms with Crippen LogP contribution in [-0.2, 0) is 18.4 Å². The minimum absolute atomic E-state index is 0.103. The third-order valence-corrected chi connectivity index (χ3v) is 3.08. The summed E-state index contributed by atoms with van der Waals surface area (Å²) in [5.41, 5.74) is 1.10. The molecular formula is C14H11ClN4O3. The SMILES string of the molecule is Cn1cc(C(=O)OCc2nnc(-c3ccc(Cl)cc3)o2)cn1. The van der Waals surface area contributed by atoms with E-state index in [1.54, 1.807) is 37.5 Å². The van der Waals surface area contributed by atoms with Crippen LogP contribution in [-0.4, -0.2) is 25.9 Å². The van der Waals surface area contributed by atoms with Gasteiger partial charge in [-0.25, -0.2) is 4.79 Å². The molecule has 112 valence electrons. The maximum atomic E-state index is 11.8. The Morgan fingerprint density at radius 1 is 1.32 bits per heavy atom. The van der Waals surface area contributed by atoms with Crippen molar-refractivity contribution < 1.29 is 13.9 Å². The van der Waals surface area contributed by atoms with Crippen molar-refractivity contribution in [3.63, 3.8) is 0 Å². The molecule has 22 heavy (non-hydrogen) atoms. The minimum atomic E-state index is -0.501. The molecule has 0 spiro atoms. The number of hydrogen-bond donors (Lipinski definition) is 0. The van der Waals surface area contributed by atoms with Gasteiger partial charge in [0.2, 0.25) is 5.89 Å². The van der Waals surface area contributed by atoms with Gasteiger partial charge in [-0.05, 0) is 24.3 Å². The number of carbonyl (C=O) groups excluding carboxylic acids is 1. The van der Waals surface area contributed by atoms with Gasteiger partial charge in [-0.2, -0.15) is 5.10 Å². The van der Waals surface area contributed by atoms with E-state index in [9.17, 15) is 4.79 Å². The molecule has 0 bridgehead atoms. The smallest absolute Gasteiger partial charge is 0.341 e. The summed E-state index contributed by atoms with van der Waals surface area (Å²) in [7, 11) is 1.72. The number of halogens is 1. The number of esters is 1. The third-order valence-electron chi connectivity index (χ3n) is 2.83. The molecule has 0 unspecified atom stereocenters. The first kappa shape index (κ1) is 14.3. The largest absolute Gasteiger partial charge is 0.452 e. The van der Waals surface area contributed by atoms with E-state index in [4.69, 9.17) is 20.8 Å². The summed E-state index contributed by atoms with van der Waals surface area (Å²) in [4.78, 5) is 11.8. The number of hydrogen-bond acceptors (Lipinski definition) is 6. The van der Waals surface area contributed by atoms with Gasteiger partial charge in [0.25, 0.3) is 5.89 Å². The topological polar surface area (TPSA) is 83.0 Å². The van der Waals surface area contributed by atoms with E-state index < -0.39 is 5.97 Å². The summed E-state index contributed by atoms with van der Waals surface area (Å²) in [6.45, 7) is -0.103. The maximum absolute atomic E-state index is 11.8. The summed E-state index contributed by atoms with van der Waals surface area (Å²) in [5.74, 6) is 0.0469. The molecule has 0 aliphatic heterocycles. The Bertz CT molecular complexity index is 795. The van der Waals surface area contributed by atoms with Crippen molar-refractivity contribution in [1.82, 2.24) is 20.0 Å². The zero-order chi connectivity index (χ0) is 15.5. The van der Waals surface area contributed by atoms with Crippen LogP contribution in [0.1, 0.15) is 16.2 Å². The van der Waals surface area contributed by atoms with Crippen LogP contribution < -0.4 is 0 Å². The highest BCUT2D eigenvalue weighted by molar-refractivity contribution is 6.30. The zero-order valence-corrected chi connectivity index (χ0v) is 12.3. The van der Waals surface area contributed by atoms with Crippen LogP contribution in [0.5, 0.6) is 0 Å². The van der Waals surface area contributed by atoms with Gasteiger partial charge < -0.3 is 9.15 Å². The van der Waals surface area contributed by atoms with Crippen LogP contribution in [0.2, 0.25) is 5.02 Å². The molecule has 0 fully saturated rings. The van der Waals surface area contributed by atoms with Crippen LogP contribution in [0.15, 0.2) is 41.1 Å². The molecular weight excluding hydrogens is 308 g/mol. The monoisotopic (exact) mass is 318 g/mol. The predicted molar refractivity (Wildman–Crippen MR) is 77.1 cm³/mol. The van der Waals surface area contributed by atoms with Gasteiger partial charge in [-0.15, -0.1) is 10.2 Å².